The molecule has 3 heteroatoms. The molecule has 2 nitrogen and oxygen atoms in total. The van der Waals surface area contributed by atoms with Crippen molar-refractivity contribution in [3.05, 3.63) is 28.7 Å². The van der Waals surface area contributed by atoms with Crippen LogP contribution in [0.4, 0.5) is 5.69 Å². The van der Waals surface area contributed by atoms with Crippen LogP contribution < -0.4 is 5.32 Å². The van der Waals surface area contributed by atoms with E-state index in [9.17, 15) is 0 Å². The Hall–Kier alpha value is -0.540. The van der Waals surface area contributed by atoms with E-state index in [0.29, 0.717) is 6.04 Å². The summed E-state index contributed by atoms with van der Waals surface area (Å²) < 4.78 is 1.14. The van der Waals surface area contributed by atoms with Crippen LogP contribution in [0.1, 0.15) is 12.8 Å². The van der Waals surface area contributed by atoms with E-state index in [1.165, 1.54) is 31.6 Å². The van der Waals surface area contributed by atoms with Gasteiger partial charge in [-0.25, -0.2) is 0 Å². The lowest BCUT2D eigenvalue weighted by Crippen LogP contribution is -2.36. The van der Waals surface area contributed by atoms with Gasteiger partial charge in [0.15, 0.2) is 0 Å². The Bertz CT molecular complexity index is 319. The summed E-state index contributed by atoms with van der Waals surface area (Å²) in [6, 6.07) is 9.03. The SMILES string of the molecule is CN1CCC(Nc2cccc(Br)c2)CC1. The molecule has 0 bridgehead atoms. The second kappa shape index (κ2) is 4.99. The van der Waals surface area contributed by atoms with Crippen LogP contribution in [0.5, 0.6) is 0 Å². The third-order valence-electron chi connectivity index (χ3n) is 2.91. The average Bonchev–Trinajstić information content (AvgIpc) is 2.22. The number of benzene rings is 1. The lowest BCUT2D eigenvalue weighted by Gasteiger charge is -2.30. The van der Waals surface area contributed by atoms with E-state index >= 15 is 0 Å². The Balaban J connectivity index is 1.92. The number of hydrogen-bond donors (Lipinski definition) is 1. The monoisotopic (exact) mass is 268 g/mol. The summed E-state index contributed by atoms with van der Waals surface area (Å²) in [6.45, 7) is 2.40. The molecule has 2 rings (SSSR count). The molecule has 0 unspecified atom stereocenters. The Morgan fingerprint density at radius 3 is 2.73 bits per heavy atom. The highest BCUT2D eigenvalue weighted by Crippen LogP contribution is 2.19. The Morgan fingerprint density at radius 2 is 2.07 bits per heavy atom. The fraction of sp³-hybridized carbons (Fsp3) is 0.500. The van der Waals surface area contributed by atoms with E-state index in [2.05, 4.69) is 57.5 Å². The predicted molar refractivity (Wildman–Crippen MR) is 68.3 cm³/mol. The van der Waals surface area contributed by atoms with Gasteiger partial charge in [0.2, 0.25) is 0 Å². The van der Waals surface area contributed by atoms with Crippen LogP contribution in [0.25, 0.3) is 0 Å². The zero-order valence-corrected chi connectivity index (χ0v) is 10.6. The molecule has 15 heavy (non-hydrogen) atoms. The molecule has 1 aromatic carbocycles. The first kappa shape index (κ1) is 11.0. The lowest BCUT2D eigenvalue weighted by molar-refractivity contribution is 0.264. The van der Waals surface area contributed by atoms with Gasteiger partial charge >= 0.3 is 0 Å². The molecule has 0 amide bonds. The molecule has 0 radical (unpaired) electrons. The van der Waals surface area contributed by atoms with Crippen LogP contribution in [0.3, 0.4) is 0 Å². The highest BCUT2D eigenvalue weighted by atomic mass is 79.9. The number of anilines is 1. The van der Waals surface area contributed by atoms with Crippen LogP contribution in [0.15, 0.2) is 28.7 Å². The minimum absolute atomic E-state index is 0.635. The molecular formula is C12H17BrN2. The number of nitrogens with zero attached hydrogens (tertiary/aromatic N) is 1. The van der Waals surface area contributed by atoms with Gasteiger partial charge in [-0.1, -0.05) is 22.0 Å². The molecule has 82 valence electrons. The van der Waals surface area contributed by atoms with Gasteiger partial charge in [0.1, 0.15) is 0 Å². The molecule has 1 fully saturated rings. The van der Waals surface area contributed by atoms with Gasteiger partial charge < -0.3 is 10.2 Å². The maximum atomic E-state index is 3.59. The number of hydrogen-bond acceptors (Lipinski definition) is 2. The average molecular weight is 269 g/mol. The molecule has 0 aliphatic carbocycles. The molecule has 0 saturated carbocycles. The van der Waals surface area contributed by atoms with E-state index in [-0.39, 0.29) is 0 Å². The number of piperidine rings is 1. The molecule has 0 atom stereocenters. The van der Waals surface area contributed by atoms with Crippen molar-refractivity contribution in [1.82, 2.24) is 4.90 Å². The first-order valence-electron chi connectivity index (χ1n) is 5.45. The Morgan fingerprint density at radius 1 is 1.33 bits per heavy atom. The van der Waals surface area contributed by atoms with Crippen molar-refractivity contribution in [2.45, 2.75) is 18.9 Å². The first-order chi connectivity index (χ1) is 7.24. The highest BCUT2D eigenvalue weighted by Gasteiger charge is 2.15. The zero-order valence-electron chi connectivity index (χ0n) is 9.04. The minimum atomic E-state index is 0.635. The summed E-state index contributed by atoms with van der Waals surface area (Å²) in [6.07, 6.45) is 2.48. The minimum Gasteiger partial charge on any atom is -0.382 e. The number of rotatable bonds is 2. The van der Waals surface area contributed by atoms with Crippen LogP contribution in [0, 0.1) is 0 Å². The molecule has 1 aliphatic heterocycles. The van der Waals surface area contributed by atoms with E-state index in [1.807, 2.05) is 0 Å². The van der Waals surface area contributed by atoms with E-state index in [4.69, 9.17) is 0 Å². The van der Waals surface area contributed by atoms with Gasteiger partial charge in [-0.15, -0.1) is 0 Å². The fourth-order valence-corrected chi connectivity index (χ4v) is 2.37. The number of halogens is 1. The number of likely N-dealkylation sites (tertiary alicyclic amines) is 1. The maximum absolute atomic E-state index is 3.59. The standard InChI is InChI=1S/C12H17BrN2/c1-15-7-5-11(6-8-15)14-12-4-2-3-10(13)9-12/h2-4,9,11,14H,5-8H2,1H3. The normalized spacial score (nSPS) is 19.1. The van der Waals surface area contributed by atoms with Crippen LogP contribution in [0.2, 0.25) is 0 Å². The molecule has 1 heterocycles. The van der Waals surface area contributed by atoms with Gasteiger partial charge in [-0.3, -0.25) is 0 Å². The number of nitrogens with one attached hydrogen (secondary N) is 1. The Labute approximate surface area is 99.8 Å². The van der Waals surface area contributed by atoms with Crippen molar-refractivity contribution >= 4 is 21.6 Å². The topological polar surface area (TPSA) is 15.3 Å². The Kier molecular flexibility index (Phi) is 3.65. The second-order valence-electron chi connectivity index (χ2n) is 4.23. The fourth-order valence-electron chi connectivity index (χ4n) is 1.97. The summed E-state index contributed by atoms with van der Waals surface area (Å²) >= 11 is 3.49. The highest BCUT2D eigenvalue weighted by molar-refractivity contribution is 9.10. The smallest absolute Gasteiger partial charge is 0.0353 e. The molecule has 0 spiro atoms. The first-order valence-corrected chi connectivity index (χ1v) is 6.24. The van der Waals surface area contributed by atoms with Gasteiger partial charge in [0, 0.05) is 16.2 Å². The third-order valence-corrected chi connectivity index (χ3v) is 3.41. The molecule has 1 aromatic rings. The summed E-state index contributed by atoms with van der Waals surface area (Å²) in [4.78, 5) is 2.39. The summed E-state index contributed by atoms with van der Waals surface area (Å²) in [5, 5.41) is 3.59. The van der Waals surface area contributed by atoms with Crippen LogP contribution >= 0.6 is 15.9 Å². The van der Waals surface area contributed by atoms with Crippen LogP contribution in [-0.2, 0) is 0 Å². The molecule has 1 saturated heterocycles. The van der Waals surface area contributed by atoms with E-state index in [1.54, 1.807) is 0 Å². The molecule has 1 aliphatic rings. The van der Waals surface area contributed by atoms with E-state index in [0.717, 1.165) is 4.47 Å². The van der Waals surface area contributed by atoms with Crippen LogP contribution in [-0.4, -0.2) is 31.1 Å². The van der Waals surface area contributed by atoms with Crippen molar-refractivity contribution in [1.29, 1.82) is 0 Å². The van der Waals surface area contributed by atoms with Crippen molar-refractivity contribution in [2.75, 3.05) is 25.5 Å². The van der Waals surface area contributed by atoms with Gasteiger partial charge in [0.25, 0.3) is 0 Å². The van der Waals surface area contributed by atoms with Crippen molar-refractivity contribution in [3.63, 3.8) is 0 Å². The van der Waals surface area contributed by atoms with Crippen molar-refractivity contribution in [2.24, 2.45) is 0 Å². The molecule has 0 aromatic heterocycles. The zero-order chi connectivity index (χ0) is 10.7. The van der Waals surface area contributed by atoms with Gasteiger partial charge in [0.05, 0.1) is 0 Å². The molecular weight excluding hydrogens is 252 g/mol. The predicted octanol–water partition coefficient (Wildman–Crippen LogP) is 2.96. The van der Waals surface area contributed by atoms with Gasteiger partial charge in [-0.2, -0.15) is 0 Å². The van der Waals surface area contributed by atoms with Crippen molar-refractivity contribution < 1.29 is 0 Å². The largest absolute Gasteiger partial charge is 0.382 e. The molecule has 1 N–H and O–H groups in total. The summed E-state index contributed by atoms with van der Waals surface area (Å²) in [5.41, 5.74) is 1.22. The third kappa shape index (κ3) is 3.21. The second-order valence-corrected chi connectivity index (χ2v) is 5.15. The van der Waals surface area contributed by atoms with E-state index < -0.39 is 0 Å². The van der Waals surface area contributed by atoms with Crippen molar-refractivity contribution in [3.8, 4) is 0 Å². The maximum Gasteiger partial charge on any atom is 0.0353 e. The quantitative estimate of drug-likeness (QED) is 0.888. The summed E-state index contributed by atoms with van der Waals surface area (Å²) in [5.74, 6) is 0. The summed E-state index contributed by atoms with van der Waals surface area (Å²) in [7, 11) is 2.19. The van der Waals surface area contributed by atoms with Gasteiger partial charge in [-0.05, 0) is 51.2 Å². The lowest BCUT2D eigenvalue weighted by atomic mass is 10.1.